The van der Waals surface area contributed by atoms with Gasteiger partial charge in [0.05, 0.1) is 19.4 Å². The van der Waals surface area contributed by atoms with Crippen molar-refractivity contribution < 1.29 is 14.3 Å². The molecule has 0 aromatic carbocycles. The summed E-state index contributed by atoms with van der Waals surface area (Å²) < 4.78 is 5.11. The zero-order chi connectivity index (χ0) is 25.6. The first-order chi connectivity index (χ1) is 15.1. The molecule has 0 aliphatic carbocycles. The minimum absolute atomic E-state index is 0.00909. The van der Waals surface area contributed by atoms with Crippen molar-refractivity contribution >= 4 is 11.7 Å². The zero-order valence-corrected chi connectivity index (χ0v) is 22.3. The van der Waals surface area contributed by atoms with Crippen LogP contribution in [0.2, 0.25) is 0 Å². The van der Waals surface area contributed by atoms with Crippen molar-refractivity contribution in [2.75, 3.05) is 19.9 Å². The number of ether oxygens (including phenoxy) is 1. The van der Waals surface area contributed by atoms with E-state index in [1.807, 2.05) is 34.6 Å². The van der Waals surface area contributed by atoms with E-state index in [2.05, 4.69) is 38.4 Å². The van der Waals surface area contributed by atoms with Gasteiger partial charge in [-0.2, -0.15) is 0 Å². The third-order valence-corrected chi connectivity index (χ3v) is 4.92. The van der Waals surface area contributed by atoms with Crippen LogP contribution in [0.5, 0.6) is 0 Å². The summed E-state index contributed by atoms with van der Waals surface area (Å²) in [6.45, 7) is 20.6. The van der Waals surface area contributed by atoms with Gasteiger partial charge in [0.25, 0.3) is 0 Å². The first kappa shape index (κ1) is 35.1. The highest BCUT2D eigenvalue weighted by atomic mass is 16.5. The Bertz CT molecular complexity index is 519. The SMILES string of the molecule is C=C=C(CNC(=O)[C@H](CCCC)CCC(=O)[C@@H](N)C(C)(C)C)COCN.CC.CCCC. The maximum absolute atomic E-state index is 12.5. The third-order valence-electron chi connectivity index (χ3n) is 4.92. The van der Waals surface area contributed by atoms with Crippen LogP contribution in [0.1, 0.15) is 100 Å². The van der Waals surface area contributed by atoms with Crippen LogP contribution in [0.4, 0.5) is 0 Å². The van der Waals surface area contributed by atoms with E-state index in [0.29, 0.717) is 26.0 Å². The second-order valence-electron chi connectivity index (χ2n) is 8.70. The summed E-state index contributed by atoms with van der Waals surface area (Å²) in [7, 11) is 0. The predicted molar refractivity (Wildman–Crippen MR) is 137 cm³/mol. The second kappa shape index (κ2) is 22.7. The fourth-order valence-corrected chi connectivity index (χ4v) is 2.50. The van der Waals surface area contributed by atoms with Crippen molar-refractivity contribution in [3.63, 3.8) is 0 Å². The fourth-order valence-electron chi connectivity index (χ4n) is 2.50. The Hall–Kier alpha value is -1.46. The minimum atomic E-state index is -0.513. The van der Waals surface area contributed by atoms with E-state index in [1.165, 1.54) is 12.8 Å². The van der Waals surface area contributed by atoms with E-state index >= 15 is 0 Å². The monoisotopic (exact) mass is 455 g/mol. The number of rotatable bonds is 14. The van der Waals surface area contributed by atoms with Gasteiger partial charge in [0.2, 0.25) is 5.91 Å². The summed E-state index contributed by atoms with van der Waals surface area (Å²) in [5.41, 5.74) is 14.6. The first-order valence-corrected chi connectivity index (χ1v) is 12.3. The molecule has 0 aliphatic rings. The molecule has 0 fully saturated rings. The summed E-state index contributed by atoms with van der Waals surface area (Å²) in [6.07, 6.45) is 6.17. The highest BCUT2D eigenvalue weighted by Crippen LogP contribution is 2.22. The molecule has 0 rings (SSSR count). The van der Waals surface area contributed by atoms with Gasteiger partial charge >= 0.3 is 0 Å². The molecule has 0 saturated heterocycles. The third kappa shape index (κ3) is 19.2. The molecule has 0 bridgehead atoms. The molecule has 0 radical (unpaired) electrons. The number of nitrogens with two attached hydrogens (primary N) is 2. The van der Waals surface area contributed by atoms with Crippen LogP contribution in [-0.2, 0) is 14.3 Å². The van der Waals surface area contributed by atoms with Crippen molar-refractivity contribution in [2.24, 2.45) is 22.8 Å². The van der Waals surface area contributed by atoms with E-state index in [0.717, 1.165) is 24.8 Å². The van der Waals surface area contributed by atoms with E-state index in [4.69, 9.17) is 16.2 Å². The Balaban J connectivity index is -0.00000125. The number of Topliss-reactive ketones (excluding diaryl/α,β-unsaturated/α-hetero) is 1. The topological polar surface area (TPSA) is 107 Å². The summed E-state index contributed by atoms with van der Waals surface area (Å²) in [5, 5.41) is 2.89. The van der Waals surface area contributed by atoms with Crippen molar-refractivity contribution in [3.05, 3.63) is 17.9 Å². The smallest absolute Gasteiger partial charge is 0.223 e. The molecule has 0 saturated carbocycles. The molecule has 0 unspecified atom stereocenters. The van der Waals surface area contributed by atoms with Crippen LogP contribution in [0.3, 0.4) is 0 Å². The highest BCUT2D eigenvalue weighted by Gasteiger charge is 2.28. The molecule has 0 aliphatic heterocycles. The molecule has 5 N–H and O–H groups in total. The van der Waals surface area contributed by atoms with E-state index < -0.39 is 6.04 Å². The predicted octanol–water partition coefficient (Wildman–Crippen LogP) is 5.11. The zero-order valence-electron chi connectivity index (χ0n) is 22.3. The summed E-state index contributed by atoms with van der Waals surface area (Å²) in [6, 6.07) is -0.513. The first-order valence-electron chi connectivity index (χ1n) is 12.3. The normalized spacial score (nSPS) is 12.2. The Morgan fingerprint density at radius 3 is 2.03 bits per heavy atom. The van der Waals surface area contributed by atoms with Crippen molar-refractivity contribution in [2.45, 2.75) is 106 Å². The number of unbranched alkanes of at least 4 members (excludes halogenated alkanes) is 2. The van der Waals surface area contributed by atoms with Gasteiger partial charge in [-0.1, -0.05) is 87.7 Å². The molecule has 2 atom stereocenters. The highest BCUT2D eigenvalue weighted by molar-refractivity contribution is 5.85. The maximum Gasteiger partial charge on any atom is 0.223 e. The van der Waals surface area contributed by atoms with Gasteiger partial charge in [0.15, 0.2) is 0 Å². The number of carbonyl (C=O) groups is 2. The molecule has 0 aromatic rings. The van der Waals surface area contributed by atoms with Crippen molar-refractivity contribution in [3.8, 4) is 0 Å². The molecular formula is C26H53N3O3. The van der Waals surface area contributed by atoms with E-state index in [9.17, 15) is 9.59 Å². The number of hydrogen-bond donors (Lipinski definition) is 3. The quantitative estimate of drug-likeness (QED) is 0.249. The molecule has 32 heavy (non-hydrogen) atoms. The van der Waals surface area contributed by atoms with Crippen molar-refractivity contribution in [1.82, 2.24) is 5.32 Å². The Morgan fingerprint density at radius 1 is 1.06 bits per heavy atom. The standard InChI is InChI=1S/C20H37N3O3.C4H10.C2H6/c1-6-8-9-16(10-11-17(24)18(22)20(3,4)5)19(25)23-12-15(7-2)13-26-14-21;1-3-4-2;1-2/h16,18H,2,6,8-14,21-22H2,1,3-5H3,(H,23,25);3-4H2,1-2H3;1-2H3/t16-,18-;;/m1../s1. The largest absolute Gasteiger partial charge is 0.361 e. The summed E-state index contributed by atoms with van der Waals surface area (Å²) >= 11 is 0. The Labute approximate surface area is 198 Å². The van der Waals surface area contributed by atoms with Crippen molar-refractivity contribution in [1.29, 1.82) is 0 Å². The van der Waals surface area contributed by atoms with E-state index in [-0.39, 0.29) is 29.8 Å². The average Bonchev–Trinajstić information content (AvgIpc) is 2.79. The maximum atomic E-state index is 12.5. The molecule has 0 spiro atoms. The van der Waals surface area contributed by atoms with Crippen LogP contribution in [0, 0.1) is 11.3 Å². The molecule has 6 heteroatoms. The Morgan fingerprint density at radius 2 is 1.62 bits per heavy atom. The number of nitrogens with one attached hydrogen (secondary N) is 1. The van der Waals surface area contributed by atoms with Gasteiger partial charge in [0.1, 0.15) is 5.78 Å². The molecular weight excluding hydrogens is 402 g/mol. The van der Waals surface area contributed by atoms with Crippen LogP contribution in [-0.4, -0.2) is 37.6 Å². The molecule has 0 aromatic heterocycles. The minimum Gasteiger partial charge on any atom is -0.361 e. The Kier molecular flexibility index (Phi) is 25.0. The molecule has 1 amide bonds. The fraction of sp³-hybridized carbons (Fsp3) is 0.808. The summed E-state index contributed by atoms with van der Waals surface area (Å²) in [5.74, 6) is -0.251. The van der Waals surface area contributed by atoms with Gasteiger partial charge in [-0.25, -0.2) is 0 Å². The van der Waals surface area contributed by atoms with Crippen LogP contribution in [0.15, 0.2) is 17.9 Å². The number of carbonyl (C=O) groups excluding carboxylic acids is 2. The van der Waals surface area contributed by atoms with Gasteiger partial charge in [-0.3, -0.25) is 9.59 Å². The van der Waals surface area contributed by atoms with Gasteiger partial charge in [0, 0.05) is 24.5 Å². The van der Waals surface area contributed by atoms with Gasteiger partial charge < -0.3 is 21.5 Å². The lowest BCUT2D eigenvalue weighted by Gasteiger charge is -2.26. The van der Waals surface area contributed by atoms with Crippen LogP contribution in [0.25, 0.3) is 0 Å². The number of amides is 1. The molecule has 0 heterocycles. The van der Waals surface area contributed by atoms with Gasteiger partial charge in [-0.15, -0.1) is 5.73 Å². The van der Waals surface area contributed by atoms with Crippen LogP contribution < -0.4 is 16.8 Å². The van der Waals surface area contributed by atoms with Gasteiger partial charge in [-0.05, 0) is 18.3 Å². The lowest BCUT2D eigenvalue weighted by atomic mass is 9.82. The molecule has 190 valence electrons. The lowest BCUT2D eigenvalue weighted by Crippen LogP contribution is -2.42. The van der Waals surface area contributed by atoms with Crippen LogP contribution >= 0.6 is 0 Å². The number of ketones is 1. The average molecular weight is 456 g/mol. The number of hydrogen-bond acceptors (Lipinski definition) is 5. The second-order valence-corrected chi connectivity index (χ2v) is 8.70. The molecule has 6 nitrogen and oxygen atoms in total. The summed E-state index contributed by atoms with van der Waals surface area (Å²) in [4.78, 5) is 24.9. The lowest BCUT2D eigenvalue weighted by molar-refractivity contribution is -0.126. The van der Waals surface area contributed by atoms with E-state index in [1.54, 1.807) is 0 Å².